The molecule has 0 spiro atoms. The highest BCUT2D eigenvalue weighted by Crippen LogP contribution is 2.49. The highest BCUT2D eigenvalue weighted by atomic mass is 19.4. The minimum atomic E-state index is -4.41. The zero-order chi connectivity index (χ0) is 30.2. The second kappa shape index (κ2) is 11.5. The second-order valence-electron chi connectivity index (χ2n) is 11.7. The van der Waals surface area contributed by atoms with Crippen LogP contribution in [0.5, 0.6) is 0 Å². The van der Waals surface area contributed by atoms with E-state index in [1.165, 1.54) is 6.20 Å². The average molecular weight is 579 g/mol. The van der Waals surface area contributed by atoms with Gasteiger partial charge in [0.25, 0.3) is 5.91 Å². The quantitative estimate of drug-likeness (QED) is 0.277. The van der Waals surface area contributed by atoms with Crippen molar-refractivity contribution in [1.29, 1.82) is 5.41 Å². The fourth-order valence-corrected chi connectivity index (χ4v) is 6.95. The van der Waals surface area contributed by atoms with E-state index in [4.69, 9.17) is 0 Å². The predicted octanol–water partition coefficient (Wildman–Crippen LogP) is 5.74. The van der Waals surface area contributed by atoms with Gasteiger partial charge in [0, 0.05) is 31.0 Å². The number of carbonyl (C=O) groups excluding carboxylic acids is 1. The Morgan fingerprint density at radius 2 is 1.79 bits per heavy atom. The van der Waals surface area contributed by atoms with Crippen molar-refractivity contribution in [2.45, 2.75) is 64.1 Å². The van der Waals surface area contributed by atoms with Gasteiger partial charge in [-0.2, -0.15) is 17.9 Å². The number of pyridine rings is 1. The summed E-state index contributed by atoms with van der Waals surface area (Å²) < 4.78 is 40.7. The van der Waals surface area contributed by atoms with Gasteiger partial charge in [-0.15, -0.1) is 0 Å². The molecular formula is C33H37F3N4O2. The van der Waals surface area contributed by atoms with E-state index in [2.05, 4.69) is 17.1 Å². The maximum absolute atomic E-state index is 13.3. The molecule has 6 nitrogen and oxygen atoms in total. The summed E-state index contributed by atoms with van der Waals surface area (Å²) in [7, 11) is 0. The third-order valence-corrected chi connectivity index (χ3v) is 9.40. The lowest BCUT2D eigenvalue weighted by atomic mass is 9.63. The van der Waals surface area contributed by atoms with E-state index in [1.54, 1.807) is 25.1 Å². The van der Waals surface area contributed by atoms with Gasteiger partial charge in [-0.3, -0.25) is 4.79 Å². The van der Waals surface area contributed by atoms with Gasteiger partial charge in [-0.25, -0.2) is 0 Å². The lowest BCUT2D eigenvalue weighted by Gasteiger charge is -2.45. The van der Waals surface area contributed by atoms with Crippen LogP contribution in [0.4, 0.5) is 13.2 Å². The van der Waals surface area contributed by atoms with Crippen LogP contribution in [-0.4, -0.2) is 42.2 Å². The lowest BCUT2D eigenvalue weighted by Crippen LogP contribution is -2.49. The Bertz CT molecular complexity index is 1480. The molecule has 1 saturated heterocycles. The molecule has 42 heavy (non-hydrogen) atoms. The van der Waals surface area contributed by atoms with Gasteiger partial charge in [0.1, 0.15) is 5.56 Å². The summed E-state index contributed by atoms with van der Waals surface area (Å²) in [4.78, 5) is 15.2. The number of hydrogen-bond acceptors (Lipinski definition) is 4. The van der Waals surface area contributed by atoms with E-state index in [0.717, 1.165) is 66.7 Å². The fourth-order valence-electron chi connectivity index (χ4n) is 6.95. The molecule has 2 heterocycles. The Labute approximate surface area is 244 Å². The average Bonchev–Trinajstić information content (AvgIpc) is 3.28. The number of likely N-dealkylation sites (tertiary alicyclic amines) is 1. The molecule has 2 atom stereocenters. The molecule has 0 bridgehead atoms. The molecule has 3 aromatic rings. The smallest absolute Gasteiger partial charge is 0.416 e. The summed E-state index contributed by atoms with van der Waals surface area (Å²) in [5, 5.41) is 24.2. The first-order valence-corrected chi connectivity index (χ1v) is 14.5. The summed E-state index contributed by atoms with van der Waals surface area (Å²) in [5.74, 6) is -0.140. The Morgan fingerprint density at radius 3 is 2.43 bits per heavy atom. The normalized spacial score (nSPS) is 20.4. The van der Waals surface area contributed by atoms with Crippen LogP contribution in [0.2, 0.25) is 0 Å². The SMILES string of the molecule is Cc1cc[n+]([O-])c(C)c1C(=O)NCCC(C)N1CCC(C2(c3ccc(C(F)(F)F)cc3)Cc3ccccc3C2=N)CC1. The number of hydrogen-bond donors (Lipinski definition) is 2. The number of aromatic nitrogens is 1. The molecule has 5 rings (SSSR count). The molecule has 1 aliphatic carbocycles. The van der Waals surface area contributed by atoms with Crippen LogP contribution in [0.25, 0.3) is 0 Å². The molecule has 0 radical (unpaired) electrons. The number of fused-ring (bicyclic) bond motifs is 1. The standard InChI is InChI=1S/C33H37F3N4O2/c1-21-13-19-40(42)23(3)29(21)31(41)38-16-12-22(2)39-17-14-26(15-18-39)32(20-24-6-4-5-7-28(24)30(32)37)25-8-10-27(11-9-25)33(34,35)36/h4-11,13,19,22,26,37H,12,14-18,20H2,1-3H3,(H,38,41). The number of amides is 1. The zero-order valence-electron chi connectivity index (χ0n) is 24.2. The summed E-state index contributed by atoms with van der Waals surface area (Å²) in [6, 6.07) is 15.1. The van der Waals surface area contributed by atoms with Gasteiger partial charge in [0.15, 0.2) is 6.20 Å². The van der Waals surface area contributed by atoms with Crippen LogP contribution in [0, 0.1) is 30.4 Å². The van der Waals surface area contributed by atoms with Crippen molar-refractivity contribution in [3.63, 3.8) is 0 Å². The Kier molecular flexibility index (Phi) is 8.16. The lowest BCUT2D eigenvalue weighted by molar-refractivity contribution is -0.612. The number of carbonyl (C=O) groups is 1. The third-order valence-electron chi connectivity index (χ3n) is 9.40. The van der Waals surface area contributed by atoms with E-state index in [-0.39, 0.29) is 17.9 Å². The predicted molar refractivity (Wildman–Crippen MR) is 156 cm³/mol. The van der Waals surface area contributed by atoms with E-state index < -0.39 is 17.2 Å². The summed E-state index contributed by atoms with van der Waals surface area (Å²) >= 11 is 0. The Morgan fingerprint density at radius 1 is 1.12 bits per heavy atom. The van der Waals surface area contributed by atoms with Gasteiger partial charge in [-0.05, 0) is 92.9 Å². The molecule has 2 unspecified atom stereocenters. The number of halogens is 3. The Hall–Kier alpha value is -3.72. The second-order valence-corrected chi connectivity index (χ2v) is 11.7. The summed E-state index contributed by atoms with van der Waals surface area (Å²) in [6.07, 6.45) is -0.0126. The molecule has 222 valence electrons. The number of nitrogens with zero attached hydrogens (tertiary/aromatic N) is 2. The minimum absolute atomic E-state index is 0.111. The van der Waals surface area contributed by atoms with E-state index in [1.807, 2.05) is 31.2 Å². The first-order chi connectivity index (χ1) is 19.9. The number of aryl methyl sites for hydroxylation is 1. The first-order valence-electron chi connectivity index (χ1n) is 14.5. The summed E-state index contributed by atoms with van der Waals surface area (Å²) in [5.41, 5.74) is 3.43. The van der Waals surface area contributed by atoms with Crippen molar-refractivity contribution in [2.24, 2.45) is 5.92 Å². The molecule has 1 amide bonds. The van der Waals surface area contributed by atoms with Crippen molar-refractivity contribution < 1.29 is 22.7 Å². The molecule has 0 saturated carbocycles. The van der Waals surface area contributed by atoms with E-state index in [0.29, 0.717) is 34.7 Å². The van der Waals surface area contributed by atoms with Crippen LogP contribution >= 0.6 is 0 Å². The minimum Gasteiger partial charge on any atom is -0.618 e. The fraction of sp³-hybridized carbons (Fsp3) is 0.424. The van der Waals surface area contributed by atoms with Crippen LogP contribution in [0.15, 0.2) is 60.8 Å². The molecule has 1 aromatic heterocycles. The summed E-state index contributed by atoms with van der Waals surface area (Å²) in [6.45, 7) is 7.67. The number of nitrogens with one attached hydrogen (secondary N) is 2. The first kappa shape index (κ1) is 29.8. The molecular weight excluding hydrogens is 541 g/mol. The number of benzene rings is 2. The number of alkyl halides is 3. The molecule has 1 fully saturated rings. The molecule has 2 aliphatic rings. The monoisotopic (exact) mass is 578 g/mol. The van der Waals surface area contributed by atoms with Crippen LogP contribution in [0.1, 0.15) is 70.1 Å². The molecule has 2 N–H and O–H groups in total. The topological polar surface area (TPSA) is 83.1 Å². The van der Waals surface area contributed by atoms with E-state index >= 15 is 0 Å². The molecule has 9 heteroatoms. The van der Waals surface area contributed by atoms with Crippen LogP contribution < -0.4 is 10.0 Å². The van der Waals surface area contributed by atoms with Crippen molar-refractivity contribution in [3.8, 4) is 0 Å². The van der Waals surface area contributed by atoms with Gasteiger partial charge in [0.05, 0.1) is 11.3 Å². The van der Waals surface area contributed by atoms with Crippen LogP contribution in [0.3, 0.4) is 0 Å². The largest absolute Gasteiger partial charge is 0.618 e. The third kappa shape index (κ3) is 5.42. The highest BCUT2D eigenvalue weighted by molar-refractivity contribution is 6.10. The van der Waals surface area contributed by atoms with Crippen molar-refractivity contribution in [1.82, 2.24) is 10.2 Å². The van der Waals surface area contributed by atoms with Gasteiger partial charge < -0.3 is 20.8 Å². The molecule has 1 aliphatic heterocycles. The van der Waals surface area contributed by atoms with Crippen molar-refractivity contribution in [3.05, 3.63) is 105 Å². The van der Waals surface area contributed by atoms with Crippen LogP contribution in [-0.2, 0) is 18.0 Å². The maximum Gasteiger partial charge on any atom is 0.416 e. The highest BCUT2D eigenvalue weighted by Gasteiger charge is 2.50. The Balaban J connectivity index is 1.26. The van der Waals surface area contributed by atoms with E-state index in [9.17, 15) is 28.6 Å². The maximum atomic E-state index is 13.3. The zero-order valence-corrected chi connectivity index (χ0v) is 24.2. The number of piperidine rings is 1. The van der Waals surface area contributed by atoms with Gasteiger partial charge in [-0.1, -0.05) is 36.4 Å². The molecule has 2 aromatic carbocycles. The van der Waals surface area contributed by atoms with Gasteiger partial charge >= 0.3 is 6.18 Å². The number of rotatable bonds is 7. The van der Waals surface area contributed by atoms with Crippen molar-refractivity contribution >= 4 is 11.6 Å². The van der Waals surface area contributed by atoms with Gasteiger partial charge in [0.2, 0.25) is 5.69 Å². The van der Waals surface area contributed by atoms with Crippen molar-refractivity contribution in [2.75, 3.05) is 19.6 Å².